The molecule has 0 aliphatic carbocycles. The van der Waals surface area contributed by atoms with Crippen molar-refractivity contribution in [3.8, 4) is 11.3 Å². The highest BCUT2D eigenvalue weighted by molar-refractivity contribution is 7.89. The second-order valence-electron chi connectivity index (χ2n) is 5.89. The number of benzene rings is 1. The zero-order valence-electron chi connectivity index (χ0n) is 14.5. The van der Waals surface area contributed by atoms with Gasteiger partial charge in [0.1, 0.15) is 0 Å². The molecule has 0 bridgehead atoms. The second kappa shape index (κ2) is 7.33. The van der Waals surface area contributed by atoms with Crippen LogP contribution < -0.4 is 0 Å². The van der Waals surface area contributed by atoms with E-state index in [1.165, 1.54) is 0 Å². The summed E-state index contributed by atoms with van der Waals surface area (Å²) in [6.45, 7) is 5.02. The molecule has 0 spiro atoms. The highest BCUT2D eigenvalue weighted by Crippen LogP contribution is 2.24. The zero-order chi connectivity index (χ0) is 17.9. The average Bonchev–Trinajstić information content (AvgIpc) is 3.06. The van der Waals surface area contributed by atoms with Gasteiger partial charge in [0.05, 0.1) is 10.6 Å². The fraction of sp³-hybridized carbons (Fsp3) is 0.333. The molecule has 0 fully saturated rings. The molecule has 0 atom stereocenters. The molecule has 2 aromatic heterocycles. The lowest BCUT2D eigenvalue weighted by Crippen LogP contribution is -2.32. The molecule has 7 heteroatoms. The molecule has 0 N–H and O–H groups in total. The average molecular weight is 358 g/mol. The molecule has 2 heterocycles. The van der Waals surface area contributed by atoms with E-state index in [2.05, 4.69) is 9.97 Å². The molecular weight excluding hydrogens is 336 g/mol. The Morgan fingerprint density at radius 1 is 1.12 bits per heavy atom. The van der Waals surface area contributed by atoms with E-state index < -0.39 is 10.0 Å². The first-order valence-electron chi connectivity index (χ1n) is 8.46. The van der Waals surface area contributed by atoms with Crippen LogP contribution >= 0.6 is 0 Å². The zero-order valence-corrected chi connectivity index (χ0v) is 15.3. The molecule has 3 rings (SSSR count). The van der Waals surface area contributed by atoms with Crippen molar-refractivity contribution in [3.05, 3.63) is 48.9 Å². The molecule has 1 aromatic carbocycles. The van der Waals surface area contributed by atoms with Crippen molar-refractivity contribution in [1.29, 1.82) is 0 Å². The van der Waals surface area contributed by atoms with Crippen molar-refractivity contribution in [3.63, 3.8) is 0 Å². The standard InChI is InChI=1S/C18H22N4O2S/c1-3-10-22(11-4-2)25(23,24)16-8-5-7-15(13-16)17-14-21-12-6-9-19-18(21)20-17/h5-9,12-14H,3-4,10-11H2,1-2H3. The van der Waals surface area contributed by atoms with E-state index in [0.717, 1.165) is 18.4 Å². The number of sulfonamides is 1. The number of aromatic nitrogens is 3. The van der Waals surface area contributed by atoms with Crippen LogP contribution in [0.3, 0.4) is 0 Å². The van der Waals surface area contributed by atoms with Crippen LogP contribution in [0.1, 0.15) is 26.7 Å². The summed E-state index contributed by atoms with van der Waals surface area (Å²) in [7, 11) is -3.50. The molecule has 0 radical (unpaired) electrons. The lowest BCUT2D eigenvalue weighted by Gasteiger charge is -2.21. The molecule has 132 valence electrons. The van der Waals surface area contributed by atoms with Crippen LogP contribution in [-0.2, 0) is 10.0 Å². The first kappa shape index (κ1) is 17.6. The van der Waals surface area contributed by atoms with Gasteiger partial charge < -0.3 is 0 Å². The molecule has 0 unspecified atom stereocenters. The van der Waals surface area contributed by atoms with Gasteiger partial charge in [0.15, 0.2) is 0 Å². The Morgan fingerprint density at radius 3 is 2.56 bits per heavy atom. The second-order valence-corrected chi connectivity index (χ2v) is 7.82. The summed E-state index contributed by atoms with van der Waals surface area (Å²) < 4.78 is 29.3. The number of fused-ring (bicyclic) bond motifs is 1. The van der Waals surface area contributed by atoms with E-state index in [4.69, 9.17) is 0 Å². The van der Waals surface area contributed by atoms with Crippen LogP contribution in [0.5, 0.6) is 0 Å². The Balaban J connectivity index is 2.00. The Bertz CT molecular complexity index is 927. The molecule has 0 saturated heterocycles. The predicted molar refractivity (Wildman–Crippen MR) is 97.8 cm³/mol. The summed E-state index contributed by atoms with van der Waals surface area (Å²) in [4.78, 5) is 8.97. The van der Waals surface area contributed by atoms with E-state index in [1.807, 2.05) is 42.8 Å². The number of hydrogen-bond donors (Lipinski definition) is 0. The van der Waals surface area contributed by atoms with Gasteiger partial charge >= 0.3 is 0 Å². The normalized spacial score (nSPS) is 12.1. The van der Waals surface area contributed by atoms with Crippen molar-refractivity contribution in [1.82, 2.24) is 18.7 Å². The fourth-order valence-electron chi connectivity index (χ4n) is 2.78. The molecule has 0 saturated carbocycles. The monoisotopic (exact) mass is 358 g/mol. The van der Waals surface area contributed by atoms with Crippen LogP contribution in [0.25, 0.3) is 17.0 Å². The smallest absolute Gasteiger partial charge is 0.243 e. The van der Waals surface area contributed by atoms with Gasteiger partial charge in [-0.15, -0.1) is 0 Å². The number of rotatable bonds is 7. The van der Waals surface area contributed by atoms with Gasteiger partial charge in [0, 0.05) is 37.2 Å². The van der Waals surface area contributed by atoms with Crippen molar-refractivity contribution in [2.45, 2.75) is 31.6 Å². The Kier molecular flexibility index (Phi) is 5.15. The first-order chi connectivity index (χ1) is 12.1. The summed E-state index contributed by atoms with van der Waals surface area (Å²) in [5, 5.41) is 0. The molecular formula is C18H22N4O2S. The van der Waals surface area contributed by atoms with E-state index in [9.17, 15) is 8.42 Å². The van der Waals surface area contributed by atoms with Crippen LogP contribution in [0.2, 0.25) is 0 Å². The molecule has 3 aromatic rings. The van der Waals surface area contributed by atoms with Crippen LogP contribution in [-0.4, -0.2) is 40.2 Å². The van der Waals surface area contributed by atoms with E-state index in [-0.39, 0.29) is 0 Å². The van der Waals surface area contributed by atoms with E-state index in [0.29, 0.717) is 29.5 Å². The van der Waals surface area contributed by atoms with Gasteiger partial charge in [-0.1, -0.05) is 26.0 Å². The van der Waals surface area contributed by atoms with E-state index in [1.54, 1.807) is 28.7 Å². The van der Waals surface area contributed by atoms with Gasteiger partial charge in [-0.25, -0.2) is 18.4 Å². The summed E-state index contributed by atoms with van der Waals surface area (Å²) in [5.74, 6) is 0.587. The third-order valence-corrected chi connectivity index (χ3v) is 5.84. The van der Waals surface area contributed by atoms with Crippen molar-refractivity contribution in [2.24, 2.45) is 0 Å². The lowest BCUT2D eigenvalue weighted by atomic mass is 10.2. The number of hydrogen-bond acceptors (Lipinski definition) is 4. The van der Waals surface area contributed by atoms with Gasteiger partial charge in [-0.3, -0.25) is 4.40 Å². The van der Waals surface area contributed by atoms with Gasteiger partial charge in [-0.05, 0) is 31.0 Å². The Hall–Kier alpha value is -2.25. The number of imidazole rings is 1. The highest BCUT2D eigenvalue weighted by Gasteiger charge is 2.23. The number of nitrogens with zero attached hydrogens (tertiary/aromatic N) is 4. The summed E-state index contributed by atoms with van der Waals surface area (Å²) >= 11 is 0. The summed E-state index contributed by atoms with van der Waals surface area (Å²) in [6, 6.07) is 8.79. The molecule has 6 nitrogen and oxygen atoms in total. The minimum atomic E-state index is -3.50. The predicted octanol–water partition coefficient (Wildman–Crippen LogP) is 3.21. The minimum absolute atomic E-state index is 0.303. The van der Waals surface area contributed by atoms with Gasteiger partial charge in [-0.2, -0.15) is 4.31 Å². The molecule has 0 aliphatic rings. The highest BCUT2D eigenvalue weighted by atomic mass is 32.2. The SMILES string of the molecule is CCCN(CCC)S(=O)(=O)c1cccc(-c2cn3cccnc3n2)c1. The third kappa shape index (κ3) is 3.57. The third-order valence-electron chi connectivity index (χ3n) is 3.95. The molecule has 0 aliphatic heterocycles. The minimum Gasteiger partial charge on any atom is -0.291 e. The van der Waals surface area contributed by atoms with E-state index >= 15 is 0 Å². The van der Waals surface area contributed by atoms with Crippen LogP contribution in [0, 0.1) is 0 Å². The van der Waals surface area contributed by atoms with Crippen molar-refractivity contribution in [2.75, 3.05) is 13.1 Å². The largest absolute Gasteiger partial charge is 0.291 e. The Labute approximate surface area is 148 Å². The molecule has 0 amide bonds. The van der Waals surface area contributed by atoms with Crippen LogP contribution in [0.15, 0.2) is 53.8 Å². The summed E-state index contributed by atoms with van der Waals surface area (Å²) in [5.41, 5.74) is 1.47. The first-order valence-corrected chi connectivity index (χ1v) is 9.90. The van der Waals surface area contributed by atoms with Crippen molar-refractivity contribution < 1.29 is 8.42 Å². The van der Waals surface area contributed by atoms with Crippen molar-refractivity contribution >= 4 is 15.8 Å². The quantitative estimate of drug-likeness (QED) is 0.650. The van der Waals surface area contributed by atoms with Gasteiger partial charge in [0.25, 0.3) is 0 Å². The maximum absolute atomic E-state index is 13.0. The maximum Gasteiger partial charge on any atom is 0.243 e. The molecule has 25 heavy (non-hydrogen) atoms. The topological polar surface area (TPSA) is 67.6 Å². The Morgan fingerprint density at radius 2 is 1.88 bits per heavy atom. The maximum atomic E-state index is 13.0. The van der Waals surface area contributed by atoms with Gasteiger partial charge in [0.2, 0.25) is 15.8 Å². The van der Waals surface area contributed by atoms with Crippen LogP contribution in [0.4, 0.5) is 0 Å². The summed E-state index contributed by atoms with van der Waals surface area (Å²) in [6.07, 6.45) is 6.97. The lowest BCUT2D eigenvalue weighted by molar-refractivity contribution is 0.410. The fourth-order valence-corrected chi connectivity index (χ4v) is 4.46.